The highest BCUT2D eigenvalue weighted by Crippen LogP contribution is 2.26. The smallest absolute Gasteiger partial charge is 0.144 e. The first-order valence-corrected chi connectivity index (χ1v) is 6.63. The summed E-state index contributed by atoms with van der Waals surface area (Å²) in [5.41, 5.74) is 1.52. The summed E-state index contributed by atoms with van der Waals surface area (Å²) < 4.78 is 1.90. The van der Waals surface area contributed by atoms with E-state index in [1.165, 1.54) is 6.33 Å². The van der Waals surface area contributed by atoms with Crippen LogP contribution in [0.1, 0.15) is 20.8 Å². The van der Waals surface area contributed by atoms with Crippen molar-refractivity contribution in [3.63, 3.8) is 0 Å². The van der Waals surface area contributed by atoms with E-state index < -0.39 is 0 Å². The Bertz CT molecular complexity index is 752. The molecule has 0 aromatic carbocycles. The fourth-order valence-electron chi connectivity index (χ4n) is 1.90. The Hall–Kier alpha value is -2.08. The number of nitrogens with zero attached hydrogens (tertiary/aromatic N) is 4. The lowest BCUT2D eigenvalue weighted by Crippen LogP contribution is -2.21. The second kappa shape index (κ2) is 4.49. The third-order valence-electron chi connectivity index (χ3n) is 2.93. The van der Waals surface area contributed by atoms with Gasteiger partial charge in [-0.2, -0.15) is 5.10 Å². The van der Waals surface area contributed by atoms with Crippen molar-refractivity contribution in [2.75, 3.05) is 5.32 Å². The molecule has 0 amide bonds. The summed E-state index contributed by atoms with van der Waals surface area (Å²) in [6.45, 7) is 6.29. The summed E-state index contributed by atoms with van der Waals surface area (Å²) in [6.07, 6.45) is 5.21. The molecule has 0 radical (unpaired) electrons. The van der Waals surface area contributed by atoms with Crippen LogP contribution in [0.3, 0.4) is 0 Å². The van der Waals surface area contributed by atoms with Crippen LogP contribution in [0.15, 0.2) is 24.8 Å². The van der Waals surface area contributed by atoms with Gasteiger partial charge in [0.25, 0.3) is 0 Å². The van der Waals surface area contributed by atoms with Crippen molar-refractivity contribution < 1.29 is 0 Å². The van der Waals surface area contributed by atoms with E-state index in [9.17, 15) is 0 Å². The van der Waals surface area contributed by atoms with Crippen molar-refractivity contribution in [2.45, 2.75) is 26.3 Å². The predicted molar refractivity (Wildman–Crippen MR) is 79.4 cm³/mol. The summed E-state index contributed by atoms with van der Waals surface area (Å²) >= 11 is 5.95. The van der Waals surface area contributed by atoms with Crippen LogP contribution >= 0.6 is 11.6 Å². The Kier molecular flexibility index (Phi) is 2.90. The summed E-state index contributed by atoms with van der Waals surface area (Å²) in [5, 5.41) is 8.97. The average Bonchev–Trinajstić information content (AvgIpc) is 2.94. The number of anilines is 2. The molecule has 3 rings (SSSR count). The van der Waals surface area contributed by atoms with Crippen molar-refractivity contribution >= 4 is 34.1 Å². The van der Waals surface area contributed by atoms with E-state index in [0.29, 0.717) is 16.6 Å². The van der Waals surface area contributed by atoms with Gasteiger partial charge >= 0.3 is 0 Å². The normalized spacial score (nSPS) is 12.0. The zero-order chi connectivity index (χ0) is 14.3. The van der Waals surface area contributed by atoms with Gasteiger partial charge in [0.2, 0.25) is 0 Å². The Labute approximate surface area is 121 Å². The van der Waals surface area contributed by atoms with Gasteiger partial charge in [-0.05, 0) is 26.8 Å². The second-order valence-electron chi connectivity index (χ2n) is 5.57. The molecule has 0 aliphatic heterocycles. The fourth-order valence-corrected chi connectivity index (χ4v) is 2.10. The maximum absolute atomic E-state index is 5.95. The van der Waals surface area contributed by atoms with Crippen molar-refractivity contribution in [3.8, 4) is 0 Å². The van der Waals surface area contributed by atoms with Crippen molar-refractivity contribution in [1.29, 1.82) is 0 Å². The number of hydrogen-bond donors (Lipinski definition) is 2. The number of aromatic amines is 1. The maximum Gasteiger partial charge on any atom is 0.144 e. The van der Waals surface area contributed by atoms with E-state index in [1.54, 1.807) is 12.3 Å². The first-order chi connectivity index (χ1) is 9.43. The van der Waals surface area contributed by atoms with Crippen LogP contribution in [0.2, 0.25) is 5.15 Å². The number of rotatable bonds is 2. The average molecular weight is 291 g/mol. The number of aromatic nitrogens is 5. The van der Waals surface area contributed by atoms with Gasteiger partial charge in [0, 0.05) is 6.20 Å². The van der Waals surface area contributed by atoms with Gasteiger partial charge in [-0.3, -0.25) is 4.68 Å². The number of nitrogens with one attached hydrogen (secondary N) is 2. The van der Waals surface area contributed by atoms with Crippen LogP contribution < -0.4 is 5.32 Å². The summed E-state index contributed by atoms with van der Waals surface area (Å²) in [6, 6.07) is 1.80. The molecule has 2 N–H and O–H groups in total. The molecule has 3 aromatic rings. The van der Waals surface area contributed by atoms with Crippen LogP contribution in [-0.4, -0.2) is 24.7 Å². The minimum atomic E-state index is -0.0572. The molecule has 0 saturated carbocycles. The van der Waals surface area contributed by atoms with E-state index in [2.05, 4.69) is 46.1 Å². The molecule has 0 saturated heterocycles. The van der Waals surface area contributed by atoms with Gasteiger partial charge in [0.15, 0.2) is 0 Å². The van der Waals surface area contributed by atoms with Gasteiger partial charge in [-0.1, -0.05) is 11.6 Å². The molecule has 0 fully saturated rings. The Morgan fingerprint density at radius 1 is 1.30 bits per heavy atom. The maximum atomic E-state index is 5.95. The molecule has 0 unspecified atom stereocenters. The zero-order valence-electron chi connectivity index (χ0n) is 11.5. The quantitative estimate of drug-likeness (QED) is 0.759. The summed E-state index contributed by atoms with van der Waals surface area (Å²) in [7, 11) is 0. The number of H-pyrrole nitrogens is 1. The van der Waals surface area contributed by atoms with Gasteiger partial charge in [-0.25, -0.2) is 9.97 Å². The SMILES string of the molecule is CC(C)(C)n1cc(Nc2ncnc3[nH]c(Cl)cc23)cn1. The third kappa shape index (κ3) is 2.34. The third-order valence-corrected chi connectivity index (χ3v) is 3.13. The molecule has 6 nitrogen and oxygen atoms in total. The molecule has 0 atom stereocenters. The van der Waals surface area contributed by atoms with Gasteiger partial charge < -0.3 is 10.3 Å². The number of fused-ring (bicyclic) bond motifs is 1. The molecule has 3 aromatic heterocycles. The lowest BCUT2D eigenvalue weighted by molar-refractivity contribution is 0.355. The van der Waals surface area contributed by atoms with Crippen LogP contribution in [-0.2, 0) is 5.54 Å². The lowest BCUT2D eigenvalue weighted by atomic mass is 10.1. The van der Waals surface area contributed by atoms with Crippen LogP contribution in [0.25, 0.3) is 11.0 Å². The molecule has 0 spiro atoms. The molecular weight excluding hydrogens is 276 g/mol. The van der Waals surface area contributed by atoms with Gasteiger partial charge in [-0.15, -0.1) is 0 Å². The van der Waals surface area contributed by atoms with E-state index in [4.69, 9.17) is 11.6 Å². The topological polar surface area (TPSA) is 71.4 Å². The Morgan fingerprint density at radius 2 is 2.10 bits per heavy atom. The summed E-state index contributed by atoms with van der Waals surface area (Å²) in [4.78, 5) is 11.4. The largest absolute Gasteiger partial charge is 0.337 e. The van der Waals surface area contributed by atoms with E-state index >= 15 is 0 Å². The molecule has 20 heavy (non-hydrogen) atoms. The molecule has 3 heterocycles. The van der Waals surface area contributed by atoms with E-state index in [1.807, 2.05) is 10.9 Å². The summed E-state index contributed by atoms with van der Waals surface area (Å²) in [5.74, 6) is 0.701. The first kappa shape index (κ1) is 12.9. The first-order valence-electron chi connectivity index (χ1n) is 6.25. The van der Waals surface area contributed by atoms with Crippen LogP contribution in [0.5, 0.6) is 0 Å². The van der Waals surface area contributed by atoms with Crippen molar-refractivity contribution in [2.24, 2.45) is 0 Å². The molecule has 104 valence electrons. The molecule has 0 aliphatic carbocycles. The molecule has 7 heteroatoms. The second-order valence-corrected chi connectivity index (χ2v) is 5.98. The lowest BCUT2D eigenvalue weighted by Gasteiger charge is -2.18. The van der Waals surface area contributed by atoms with Crippen LogP contribution in [0, 0.1) is 0 Å². The minimum Gasteiger partial charge on any atom is -0.337 e. The monoisotopic (exact) mass is 290 g/mol. The van der Waals surface area contributed by atoms with Gasteiger partial charge in [0.1, 0.15) is 22.9 Å². The zero-order valence-corrected chi connectivity index (χ0v) is 12.2. The van der Waals surface area contributed by atoms with Crippen LogP contribution in [0.4, 0.5) is 11.5 Å². The minimum absolute atomic E-state index is 0.0572. The van der Waals surface area contributed by atoms with Crippen molar-refractivity contribution in [3.05, 3.63) is 29.9 Å². The molecule has 0 bridgehead atoms. The Morgan fingerprint density at radius 3 is 2.80 bits per heavy atom. The van der Waals surface area contributed by atoms with E-state index in [-0.39, 0.29) is 5.54 Å². The van der Waals surface area contributed by atoms with Gasteiger partial charge in [0.05, 0.1) is 22.8 Å². The van der Waals surface area contributed by atoms with E-state index in [0.717, 1.165) is 11.1 Å². The van der Waals surface area contributed by atoms with Crippen molar-refractivity contribution in [1.82, 2.24) is 24.7 Å². The number of halogens is 1. The number of hydrogen-bond acceptors (Lipinski definition) is 4. The highest BCUT2D eigenvalue weighted by molar-refractivity contribution is 6.30. The predicted octanol–water partition coefficient (Wildman–Crippen LogP) is 3.31. The fraction of sp³-hybridized carbons (Fsp3) is 0.308. The standard InChI is InChI=1S/C13H15ClN6/c1-13(2,3)20-6-8(5-17-20)18-11-9-4-10(14)19-12(9)16-7-15-11/h4-7H,1-3H3,(H2,15,16,18,19). The highest BCUT2D eigenvalue weighted by atomic mass is 35.5. The Balaban J connectivity index is 1.95. The molecular formula is C13H15ClN6. The molecule has 0 aliphatic rings. The highest BCUT2D eigenvalue weighted by Gasteiger charge is 2.14.